The molecule has 1 heterocycles. The van der Waals surface area contributed by atoms with E-state index in [2.05, 4.69) is 0 Å². The van der Waals surface area contributed by atoms with Gasteiger partial charge in [-0.3, -0.25) is 0 Å². The third-order valence-corrected chi connectivity index (χ3v) is 2.73. The van der Waals surface area contributed by atoms with E-state index in [0.717, 1.165) is 6.42 Å². The summed E-state index contributed by atoms with van der Waals surface area (Å²) in [6.45, 7) is 1.06. The molecule has 0 bridgehead atoms. The molecule has 2 N–H and O–H groups in total. The SMILES string of the molecule is Nc1cccc(Cl)c1C(=O)OC1CCOC1. The second-order valence-electron chi connectivity index (χ2n) is 3.59. The number of halogens is 1. The van der Waals surface area contributed by atoms with Crippen LogP contribution in [-0.2, 0) is 9.47 Å². The van der Waals surface area contributed by atoms with Crippen LogP contribution in [0.25, 0.3) is 0 Å². The number of hydrogen-bond acceptors (Lipinski definition) is 4. The van der Waals surface area contributed by atoms with Crippen molar-refractivity contribution in [1.29, 1.82) is 0 Å². The van der Waals surface area contributed by atoms with Crippen LogP contribution in [0, 0.1) is 0 Å². The highest BCUT2D eigenvalue weighted by Crippen LogP contribution is 2.24. The van der Waals surface area contributed by atoms with Crippen LogP contribution in [-0.4, -0.2) is 25.3 Å². The van der Waals surface area contributed by atoms with Gasteiger partial charge in [0.15, 0.2) is 0 Å². The van der Waals surface area contributed by atoms with Crippen LogP contribution in [0.4, 0.5) is 5.69 Å². The van der Waals surface area contributed by atoms with Crippen molar-refractivity contribution in [2.75, 3.05) is 18.9 Å². The largest absolute Gasteiger partial charge is 0.456 e. The first-order valence-corrected chi connectivity index (χ1v) is 5.39. The lowest BCUT2D eigenvalue weighted by molar-refractivity contribution is 0.0272. The quantitative estimate of drug-likeness (QED) is 0.634. The second-order valence-corrected chi connectivity index (χ2v) is 4.00. The Balaban J connectivity index is 2.13. The number of ether oxygens (including phenoxy) is 2. The molecule has 0 saturated carbocycles. The average molecular weight is 242 g/mol. The zero-order valence-electron chi connectivity index (χ0n) is 8.61. The molecule has 1 fully saturated rings. The average Bonchev–Trinajstić information content (AvgIpc) is 2.70. The molecular formula is C11H12ClNO3. The molecule has 4 nitrogen and oxygen atoms in total. The summed E-state index contributed by atoms with van der Waals surface area (Å²) in [6, 6.07) is 4.92. The Kier molecular flexibility index (Phi) is 3.31. The summed E-state index contributed by atoms with van der Waals surface area (Å²) in [6.07, 6.45) is 0.527. The van der Waals surface area contributed by atoms with E-state index in [0.29, 0.717) is 23.9 Å². The Morgan fingerprint density at radius 2 is 2.38 bits per heavy atom. The normalized spacial score (nSPS) is 19.7. The predicted octanol–water partition coefficient (Wildman–Crippen LogP) is 1.87. The van der Waals surface area contributed by atoms with Crippen LogP contribution in [0.1, 0.15) is 16.8 Å². The van der Waals surface area contributed by atoms with Crippen molar-refractivity contribution in [2.24, 2.45) is 0 Å². The van der Waals surface area contributed by atoms with Crippen molar-refractivity contribution in [3.63, 3.8) is 0 Å². The highest BCUT2D eigenvalue weighted by Gasteiger charge is 2.23. The molecule has 1 atom stereocenters. The number of carbonyl (C=O) groups excluding carboxylic acids is 1. The van der Waals surface area contributed by atoms with Crippen LogP contribution in [0.5, 0.6) is 0 Å². The van der Waals surface area contributed by atoms with E-state index in [1.54, 1.807) is 18.2 Å². The fourth-order valence-corrected chi connectivity index (χ4v) is 1.83. The van der Waals surface area contributed by atoms with Gasteiger partial charge >= 0.3 is 5.97 Å². The first-order chi connectivity index (χ1) is 7.68. The number of nitrogen functional groups attached to an aromatic ring is 1. The van der Waals surface area contributed by atoms with Gasteiger partial charge in [-0.1, -0.05) is 17.7 Å². The van der Waals surface area contributed by atoms with Crippen molar-refractivity contribution in [2.45, 2.75) is 12.5 Å². The zero-order valence-corrected chi connectivity index (χ0v) is 9.37. The first-order valence-electron chi connectivity index (χ1n) is 5.01. The number of esters is 1. The van der Waals surface area contributed by atoms with Gasteiger partial charge in [0.05, 0.1) is 18.2 Å². The van der Waals surface area contributed by atoms with Gasteiger partial charge in [-0.2, -0.15) is 0 Å². The van der Waals surface area contributed by atoms with Crippen molar-refractivity contribution in [1.82, 2.24) is 0 Å². The molecule has 2 rings (SSSR count). The number of benzene rings is 1. The molecule has 0 aromatic heterocycles. The minimum atomic E-state index is -0.487. The fraction of sp³-hybridized carbons (Fsp3) is 0.364. The summed E-state index contributed by atoms with van der Waals surface area (Å²) in [7, 11) is 0. The van der Waals surface area contributed by atoms with Crippen molar-refractivity contribution >= 4 is 23.3 Å². The Morgan fingerprint density at radius 3 is 3.00 bits per heavy atom. The summed E-state index contributed by atoms with van der Waals surface area (Å²) in [5.41, 5.74) is 6.24. The summed E-state index contributed by atoms with van der Waals surface area (Å²) < 4.78 is 10.3. The van der Waals surface area contributed by atoms with Crippen molar-refractivity contribution in [3.8, 4) is 0 Å². The molecule has 0 spiro atoms. The Bertz CT molecular complexity index is 382. The van der Waals surface area contributed by atoms with E-state index in [-0.39, 0.29) is 11.7 Å². The van der Waals surface area contributed by atoms with Gasteiger partial charge in [0.1, 0.15) is 11.7 Å². The lowest BCUT2D eigenvalue weighted by atomic mass is 10.2. The summed E-state index contributed by atoms with van der Waals surface area (Å²) >= 11 is 5.90. The molecule has 1 aliphatic heterocycles. The molecule has 0 aliphatic carbocycles. The maximum atomic E-state index is 11.8. The zero-order chi connectivity index (χ0) is 11.5. The molecular weight excluding hydrogens is 230 g/mol. The van der Waals surface area contributed by atoms with Gasteiger partial charge < -0.3 is 15.2 Å². The van der Waals surface area contributed by atoms with Crippen LogP contribution in [0.15, 0.2) is 18.2 Å². The monoisotopic (exact) mass is 241 g/mol. The molecule has 1 saturated heterocycles. The smallest absolute Gasteiger partial charge is 0.342 e. The minimum absolute atomic E-state index is 0.192. The molecule has 86 valence electrons. The van der Waals surface area contributed by atoms with Crippen molar-refractivity contribution in [3.05, 3.63) is 28.8 Å². The first kappa shape index (κ1) is 11.2. The van der Waals surface area contributed by atoms with Gasteiger partial charge in [-0.05, 0) is 12.1 Å². The fourth-order valence-electron chi connectivity index (χ4n) is 1.57. The van der Waals surface area contributed by atoms with Crippen molar-refractivity contribution < 1.29 is 14.3 Å². The number of hydrogen-bond donors (Lipinski definition) is 1. The van der Waals surface area contributed by atoms with Gasteiger partial charge in [-0.25, -0.2) is 4.79 Å². The summed E-state index contributed by atoms with van der Waals surface area (Å²) in [4.78, 5) is 11.8. The Morgan fingerprint density at radius 1 is 1.56 bits per heavy atom. The number of carbonyl (C=O) groups is 1. The third-order valence-electron chi connectivity index (χ3n) is 2.41. The van der Waals surface area contributed by atoms with Gasteiger partial charge in [-0.15, -0.1) is 0 Å². The van der Waals surface area contributed by atoms with E-state index in [9.17, 15) is 4.79 Å². The predicted molar refractivity (Wildman–Crippen MR) is 60.5 cm³/mol. The molecule has 1 aliphatic rings. The van der Waals surface area contributed by atoms with Crippen LogP contribution in [0.2, 0.25) is 5.02 Å². The lowest BCUT2D eigenvalue weighted by Gasteiger charge is -2.12. The summed E-state index contributed by atoms with van der Waals surface area (Å²) in [5.74, 6) is -0.487. The van der Waals surface area contributed by atoms with E-state index >= 15 is 0 Å². The molecule has 0 amide bonds. The highest BCUT2D eigenvalue weighted by atomic mass is 35.5. The molecule has 0 radical (unpaired) electrons. The van der Waals surface area contributed by atoms with E-state index in [1.165, 1.54) is 0 Å². The maximum absolute atomic E-state index is 11.8. The number of nitrogens with two attached hydrogens (primary N) is 1. The van der Waals surface area contributed by atoms with Crippen LogP contribution < -0.4 is 5.73 Å². The topological polar surface area (TPSA) is 61.6 Å². The molecule has 1 aromatic rings. The Hall–Kier alpha value is -1.26. The third kappa shape index (κ3) is 2.28. The van der Waals surface area contributed by atoms with Gasteiger partial charge in [0, 0.05) is 12.1 Å². The maximum Gasteiger partial charge on any atom is 0.342 e. The molecule has 16 heavy (non-hydrogen) atoms. The highest BCUT2D eigenvalue weighted by molar-refractivity contribution is 6.34. The van der Waals surface area contributed by atoms with E-state index in [4.69, 9.17) is 26.8 Å². The number of rotatable bonds is 2. The van der Waals surface area contributed by atoms with Gasteiger partial charge in [0.25, 0.3) is 0 Å². The minimum Gasteiger partial charge on any atom is -0.456 e. The second kappa shape index (κ2) is 4.72. The summed E-state index contributed by atoms with van der Waals surface area (Å²) in [5, 5.41) is 0.309. The van der Waals surface area contributed by atoms with E-state index < -0.39 is 5.97 Å². The lowest BCUT2D eigenvalue weighted by Crippen LogP contribution is -2.19. The van der Waals surface area contributed by atoms with Crippen LogP contribution in [0.3, 0.4) is 0 Å². The molecule has 5 heteroatoms. The molecule has 1 aromatic carbocycles. The molecule has 1 unspecified atom stereocenters. The van der Waals surface area contributed by atoms with Crippen LogP contribution >= 0.6 is 11.6 Å². The number of anilines is 1. The Labute approximate surface area is 98.3 Å². The standard InChI is InChI=1S/C11H12ClNO3/c12-8-2-1-3-9(13)10(8)11(14)16-7-4-5-15-6-7/h1-3,7H,4-6,13H2. The van der Waals surface area contributed by atoms with E-state index in [1.807, 2.05) is 0 Å². The van der Waals surface area contributed by atoms with Gasteiger partial charge in [0.2, 0.25) is 0 Å².